The van der Waals surface area contributed by atoms with Crippen molar-refractivity contribution in [2.75, 3.05) is 40.1 Å². The summed E-state index contributed by atoms with van der Waals surface area (Å²) >= 11 is 0. The quantitative estimate of drug-likeness (QED) is 0.359. The van der Waals surface area contributed by atoms with Crippen LogP contribution in [0, 0.1) is 0 Å². The van der Waals surface area contributed by atoms with Crippen LogP contribution >= 0.6 is 0 Å². The molecule has 0 spiro atoms. The monoisotopic (exact) mass is 498 g/mol. The SMILES string of the molecule is COCCOC[C@H](CCOC(=O)N1C(C)(C)COC1(C)C)N(Cc1ccccc1)Cc1ccccc1. The van der Waals surface area contributed by atoms with Gasteiger partial charge in [0.1, 0.15) is 5.72 Å². The third-order valence-electron chi connectivity index (χ3n) is 6.50. The first kappa shape index (κ1) is 28.1. The lowest BCUT2D eigenvalue weighted by Gasteiger charge is -2.37. The maximum absolute atomic E-state index is 13.1. The van der Waals surface area contributed by atoms with Crippen molar-refractivity contribution in [1.29, 1.82) is 0 Å². The molecule has 7 heteroatoms. The first-order valence-electron chi connectivity index (χ1n) is 12.7. The molecule has 1 atom stereocenters. The van der Waals surface area contributed by atoms with Gasteiger partial charge in [0.15, 0.2) is 0 Å². The average molecular weight is 499 g/mol. The molecule has 0 saturated carbocycles. The van der Waals surface area contributed by atoms with Gasteiger partial charge in [0, 0.05) is 26.2 Å². The Bertz CT molecular complexity index is 862. The van der Waals surface area contributed by atoms with Crippen molar-refractivity contribution in [1.82, 2.24) is 9.80 Å². The zero-order valence-corrected chi connectivity index (χ0v) is 22.4. The topological polar surface area (TPSA) is 60.5 Å². The molecule has 7 nitrogen and oxygen atoms in total. The fourth-order valence-corrected chi connectivity index (χ4v) is 4.71. The van der Waals surface area contributed by atoms with Crippen molar-refractivity contribution in [3.8, 4) is 0 Å². The Kier molecular flexibility index (Phi) is 10.3. The van der Waals surface area contributed by atoms with Crippen LogP contribution in [0.25, 0.3) is 0 Å². The minimum Gasteiger partial charge on any atom is -0.449 e. The molecule has 0 radical (unpaired) electrons. The first-order chi connectivity index (χ1) is 17.2. The van der Waals surface area contributed by atoms with Gasteiger partial charge in [0.25, 0.3) is 0 Å². The lowest BCUT2D eigenvalue weighted by Crippen LogP contribution is -2.53. The van der Waals surface area contributed by atoms with Crippen LogP contribution in [0.5, 0.6) is 0 Å². The van der Waals surface area contributed by atoms with E-state index in [9.17, 15) is 4.79 Å². The number of methoxy groups -OCH3 is 1. The van der Waals surface area contributed by atoms with Gasteiger partial charge in [-0.05, 0) is 45.2 Å². The Labute approximate surface area is 216 Å². The Balaban J connectivity index is 1.71. The highest BCUT2D eigenvalue weighted by Crippen LogP contribution is 2.35. The molecule has 1 aliphatic rings. The third-order valence-corrected chi connectivity index (χ3v) is 6.50. The third kappa shape index (κ3) is 8.03. The second kappa shape index (κ2) is 13.2. The van der Waals surface area contributed by atoms with E-state index in [1.165, 1.54) is 11.1 Å². The van der Waals surface area contributed by atoms with E-state index in [1.54, 1.807) is 12.0 Å². The number of hydrogen-bond donors (Lipinski definition) is 0. The van der Waals surface area contributed by atoms with Gasteiger partial charge in [-0.1, -0.05) is 60.7 Å². The molecule has 1 amide bonds. The van der Waals surface area contributed by atoms with Crippen LogP contribution < -0.4 is 0 Å². The summed E-state index contributed by atoms with van der Waals surface area (Å²) in [5.74, 6) is 0. The van der Waals surface area contributed by atoms with E-state index in [2.05, 4.69) is 53.4 Å². The summed E-state index contributed by atoms with van der Waals surface area (Å²) in [5.41, 5.74) is 1.33. The number of benzene rings is 2. The number of ether oxygens (including phenoxy) is 4. The highest BCUT2D eigenvalue weighted by molar-refractivity contribution is 5.69. The summed E-state index contributed by atoms with van der Waals surface area (Å²) in [7, 11) is 1.67. The molecule has 0 N–H and O–H groups in total. The summed E-state index contributed by atoms with van der Waals surface area (Å²) in [4.78, 5) is 17.2. The predicted molar refractivity (Wildman–Crippen MR) is 141 cm³/mol. The van der Waals surface area contributed by atoms with E-state index in [0.717, 1.165) is 13.1 Å². The summed E-state index contributed by atoms with van der Waals surface area (Å²) in [6.07, 6.45) is 0.299. The van der Waals surface area contributed by atoms with Gasteiger partial charge in [-0.15, -0.1) is 0 Å². The fraction of sp³-hybridized carbons (Fsp3) is 0.552. The first-order valence-corrected chi connectivity index (χ1v) is 12.7. The maximum atomic E-state index is 13.1. The summed E-state index contributed by atoms with van der Waals surface area (Å²) in [6.45, 7) is 11.7. The van der Waals surface area contributed by atoms with E-state index in [-0.39, 0.29) is 12.1 Å². The lowest BCUT2D eigenvalue weighted by molar-refractivity contribution is -0.0535. The molecule has 2 aromatic carbocycles. The zero-order valence-electron chi connectivity index (χ0n) is 22.4. The van der Waals surface area contributed by atoms with E-state index in [4.69, 9.17) is 18.9 Å². The number of amides is 1. The van der Waals surface area contributed by atoms with Crippen LogP contribution in [0.4, 0.5) is 4.79 Å². The standard InChI is InChI=1S/C29H42N2O5/c1-28(2)23-36-29(3,4)31(28)27(32)35-17-16-26(22-34-19-18-33-5)30(20-24-12-8-6-9-13-24)21-25-14-10-7-11-15-25/h6-15,26H,16-23H2,1-5H3/t26-/m0/s1. The van der Waals surface area contributed by atoms with E-state index < -0.39 is 11.3 Å². The number of nitrogens with zero attached hydrogens (tertiary/aromatic N) is 2. The van der Waals surface area contributed by atoms with Crippen LogP contribution in [-0.2, 0) is 32.0 Å². The van der Waals surface area contributed by atoms with Crippen molar-refractivity contribution >= 4 is 6.09 Å². The van der Waals surface area contributed by atoms with Gasteiger partial charge in [-0.2, -0.15) is 0 Å². The van der Waals surface area contributed by atoms with Gasteiger partial charge in [0.05, 0.1) is 38.6 Å². The molecular weight excluding hydrogens is 456 g/mol. The van der Waals surface area contributed by atoms with Crippen molar-refractivity contribution in [3.63, 3.8) is 0 Å². The molecule has 2 aromatic rings. The summed E-state index contributed by atoms with van der Waals surface area (Å²) in [5, 5.41) is 0. The molecule has 3 rings (SSSR count). The smallest absolute Gasteiger partial charge is 0.412 e. The minimum absolute atomic E-state index is 0.0471. The van der Waals surface area contributed by atoms with E-state index in [0.29, 0.717) is 39.5 Å². The van der Waals surface area contributed by atoms with Gasteiger partial charge < -0.3 is 18.9 Å². The molecule has 36 heavy (non-hydrogen) atoms. The van der Waals surface area contributed by atoms with E-state index >= 15 is 0 Å². The fourth-order valence-electron chi connectivity index (χ4n) is 4.71. The molecule has 0 unspecified atom stereocenters. The van der Waals surface area contributed by atoms with Crippen LogP contribution in [0.3, 0.4) is 0 Å². The lowest BCUT2D eigenvalue weighted by atomic mass is 10.0. The van der Waals surface area contributed by atoms with Crippen LogP contribution in [-0.4, -0.2) is 73.3 Å². The molecule has 198 valence electrons. The van der Waals surface area contributed by atoms with Gasteiger partial charge in [-0.3, -0.25) is 9.80 Å². The Morgan fingerprint density at radius 1 is 0.944 bits per heavy atom. The minimum atomic E-state index is -0.699. The molecule has 0 bridgehead atoms. The number of hydrogen-bond acceptors (Lipinski definition) is 6. The number of carbonyl (C=O) groups excluding carboxylic acids is 1. The van der Waals surface area contributed by atoms with E-state index in [1.807, 2.05) is 39.8 Å². The average Bonchev–Trinajstić information content (AvgIpc) is 3.08. The highest BCUT2D eigenvalue weighted by atomic mass is 16.6. The van der Waals surface area contributed by atoms with Crippen LogP contribution in [0.1, 0.15) is 45.2 Å². The Morgan fingerprint density at radius 2 is 1.53 bits per heavy atom. The van der Waals surface area contributed by atoms with Crippen LogP contribution in [0.15, 0.2) is 60.7 Å². The Morgan fingerprint density at radius 3 is 2.03 bits per heavy atom. The van der Waals surface area contributed by atoms with Gasteiger partial charge >= 0.3 is 6.09 Å². The van der Waals surface area contributed by atoms with Gasteiger partial charge in [0.2, 0.25) is 0 Å². The molecule has 1 aliphatic heterocycles. The maximum Gasteiger partial charge on any atom is 0.412 e. The summed E-state index contributed by atoms with van der Waals surface area (Å²) < 4.78 is 22.8. The molecule has 0 aromatic heterocycles. The highest BCUT2D eigenvalue weighted by Gasteiger charge is 2.49. The molecule has 1 saturated heterocycles. The predicted octanol–water partition coefficient (Wildman–Crippen LogP) is 5.09. The number of rotatable bonds is 13. The molecule has 0 aliphatic carbocycles. The van der Waals surface area contributed by atoms with Crippen molar-refractivity contribution in [3.05, 3.63) is 71.8 Å². The largest absolute Gasteiger partial charge is 0.449 e. The van der Waals surface area contributed by atoms with Crippen LogP contribution in [0.2, 0.25) is 0 Å². The molecule has 1 heterocycles. The Hall–Kier alpha value is -2.45. The number of carbonyl (C=O) groups is 1. The summed E-state index contributed by atoms with van der Waals surface area (Å²) in [6, 6.07) is 20.9. The normalized spacial score (nSPS) is 17.3. The molecular formula is C29H42N2O5. The van der Waals surface area contributed by atoms with Crippen molar-refractivity contribution in [2.45, 2.75) is 64.5 Å². The second-order valence-corrected chi connectivity index (χ2v) is 10.4. The second-order valence-electron chi connectivity index (χ2n) is 10.4. The van der Waals surface area contributed by atoms with Crippen molar-refractivity contribution < 1.29 is 23.7 Å². The van der Waals surface area contributed by atoms with Crippen molar-refractivity contribution in [2.24, 2.45) is 0 Å². The molecule has 1 fully saturated rings. The zero-order chi connectivity index (χ0) is 26.0. The van der Waals surface area contributed by atoms with Gasteiger partial charge in [-0.25, -0.2) is 4.79 Å².